The van der Waals surface area contributed by atoms with E-state index in [1.807, 2.05) is 31.2 Å². The first-order chi connectivity index (χ1) is 16.2. The highest BCUT2D eigenvalue weighted by Crippen LogP contribution is 2.32. The molecular formula is C25H23ClN2O5S. The van der Waals surface area contributed by atoms with E-state index >= 15 is 0 Å². The van der Waals surface area contributed by atoms with E-state index < -0.39 is 22.6 Å². The van der Waals surface area contributed by atoms with E-state index in [4.69, 9.17) is 16.3 Å². The summed E-state index contributed by atoms with van der Waals surface area (Å²) in [7, 11) is -2.54. The van der Waals surface area contributed by atoms with Crippen molar-refractivity contribution in [1.29, 1.82) is 0 Å². The molecule has 0 spiro atoms. The fraction of sp³-hybridized carbons (Fsp3) is 0.200. The summed E-state index contributed by atoms with van der Waals surface area (Å²) in [4.78, 5) is 27.1. The van der Waals surface area contributed by atoms with Crippen LogP contribution in [0.4, 0.5) is 11.4 Å². The highest BCUT2D eigenvalue weighted by atomic mass is 35.5. The highest BCUT2D eigenvalue weighted by Gasteiger charge is 2.31. The van der Waals surface area contributed by atoms with Gasteiger partial charge in [-0.3, -0.25) is 9.10 Å². The SMILES string of the molecule is CC1Cc2ccccc2N1C(=O)COC(=O)c1cc(S(=O)(=O)N(C)c2ccccc2)ccc1Cl. The van der Waals surface area contributed by atoms with Gasteiger partial charge in [-0.15, -0.1) is 0 Å². The van der Waals surface area contributed by atoms with Gasteiger partial charge in [-0.05, 0) is 55.3 Å². The number of para-hydroxylation sites is 2. The number of carbonyl (C=O) groups is 2. The van der Waals surface area contributed by atoms with Gasteiger partial charge in [0.2, 0.25) is 0 Å². The van der Waals surface area contributed by atoms with Crippen LogP contribution in [0.2, 0.25) is 5.02 Å². The number of halogens is 1. The first kappa shape index (κ1) is 23.8. The summed E-state index contributed by atoms with van der Waals surface area (Å²) in [5, 5.41) is 0.0265. The monoisotopic (exact) mass is 498 g/mol. The number of anilines is 2. The molecule has 0 aromatic heterocycles. The van der Waals surface area contributed by atoms with Gasteiger partial charge in [0.1, 0.15) is 0 Å². The minimum absolute atomic E-state index is 0.0265. The molecule has 1 aliphatic heterocycles. The Labute approximate surface area is 203 Å². The summed E-state index contributed by atoms with van der Waals surface area (Å²) in [6.07, 6.45) is 0.719. The Balaban J connectivity index is 1.51. The van der Waals surface area contributed by atoms with Crippen LogP contribution in [0.15, 0.2) is 77.7 Å². The van der Waals surface area contributed by atoms with Gasteiger partial charge in [0.25, 0.3) is 15.9 Å². The maximum Gasteiger partial charge on any atom is 0.340 e. The second-order valence-electron chi connectivity index (χ2n) is 7.97. The summed E-state index contributed by atoms with van der Waals surface area (Å²) in [6, 6.07) is 19.9. The molecule has 1 aliphatic rings. The molecule has 0 N–H and O–H groups in total. The minimum Gasteiger partial charge on any atom is -0.452 e. The van der Waals surface area contributed by atoms with Gasteiger partial charge in [0, 0.05) is 18.8 Å². The Hall–Kier alpha value is -3.36. The van der Waals surface area contributed by atoms with E-state index in [-0.39, 0.29) is 27.4 Å². The lowest BCUT2D eigenvalue weighted by molar-refractivity contribution is -0.122. The number of rotatable bonds is 6. The van der Waals surface area contributed by atoms with E-state index in [0.29, 0.717) is 5.69 Å². The standard InChI is InChI=1S/C25H23ClN2O5S/c1-17-14-18-8-6-7-11-23(18)28(17)24(29)16-33-25(30)21-15-20(12-13-22(21)26)34(31,32)27(2)19-9-4-3-5-10-19/h3-13,15,17H,14,16H2,1-2H3. The molecule has 9 heteroatoms. The Morgan fingerprint density at radius 2 is 1.74 bits per heavy atom. The first-order valence-electron chi connectivity index (χ1n) is 10.6. The number of hydrogen-bond donors (Lipinski definition) is 0. The summed E-state index contributed by atoms with van der Waals surface area (Å²) in [5.74, 6) is -1.24. The molecule has 1 amide bonds. The van der Waals surface area contributed by atoms with Crippen LogP contribution < -0.4 is 9.21 Å². The Kier molecular flexibility index (Phi) is 6.63. The molecule has 0 saturated carbocycles. The molecule has 1 unspecified atom stereocenters. The van der Waals surface area contributed by atoms with Crippen LogP contribution in [0.5, 0.6) is 0 Å². The third-order valence-corrected chi connectivity index (χ3v) is 7.85. The summed E-state index contributed by atoms with van der Waals surface area (Å²) in [6.45, 7) is 1.43. The normalized spacial score (nSPS) is 15.0. The summed E-state index contributed by atoms with van der Waals surface area (Å²) < 4.78 is 32.5. The fourth-order valence-corrected chi connectivity index (χ4v) is 5.39. The number of amides is 1. The highest BCUT2D eigenvalue weighted by molar-refractivity contribution is 7.92. The molecule has 3 aromatic carbocycles. The van der Waals surface area contributed by atoms with Crippen molar-refractivity contribution < 1.29 is 22.7 Å². The molecule has 1 heterocycles. The average molecular weight is 499 g/mol. The van der Waals surface area contributed by atoms with E-state index in [1.165, 1.54) is 19.2 Å². The van der Waals surface area contributed by atoms with Gasteiger partial charge in [0.05, 0.1) is 21.2 Å². The van der Waals surface area contributed by atoms with Crippen LogP contribution in [0, 0.1) is 0 Å². The van der Waals surface area contributed by atoms with Crippen molar-refractivity contribution in [2.24, 2.45) is 0 Å². The Morgan fingerprint density at radius 3 is 2.47 bits per heavy atom. The number of benzene rings is 3. The third kappa shape index (κ3) is 4.51. The van der Waals surface area contributed by atoms with Crippen molar-refractivity contribution >= 4 is 44.9 Å². The topological polar surface area (TPSA) is 84.0 Å². The fourth-order valence-electron chi connectivity index (χ4n) is 3.98. The maximum absolute atomic E-state index is 13.1. The summed E-state index contributed by atoms with van der Waals surface area (Å²) in [5.41, 5.74) is 2.18. The van der Waals surface area contributed by atoms with Crippen LogP contribution in [0.25, 0.3) is 0 Å². The lowest BCUT2D eigenvalue weighted by Gasteiger charge is -2.22. The zero-order valence-corrected chi connectivity index (χ0v) is 20.2. The number of esters is 1. The van der Waals surface area contributed by atoms with Gasteiger partial charge in [0.15, 0.2) is 6.61 Å². The molecule has 0 aliphatic carbocycles. The molecule has 3 aromatic rings. The molecule has 34 heavy (non-hydrogen) atoms. The van der Waals surface area contributed by atoms with Gasteiger partial charge >= 0.3 is 5.97 Å². The van der Waals surface area contributed by atoms with Gasteiger partial charge in [-0.2, -0.15) is 0 Å². The van der Waals surface area contributed by atoms with Crippen molar-refractivity contribution in [2.45, 2.75) is 24.3 Å². The number of ether oxygens (including phenoxy) is 1. The van der Waals surface area contributed by atoms with Crippen LogP contribution in [0.1, 0.15) is 22.8 Å². The van der Waals surface area contributed by atoms with Crippen molar-refractivity contribution in [1.82, 2.24) is 0 Å². The zero-order chi connectivity index (χ0) is 24.5. The maximum atomic E-state index is 13.1. The predicted octanol–water partition coefficient (Wildman–Crippen LogP) is 4.30. The van der Waals surface area contributed by atoms with Gasteiger partial charge < -0.3 is 9.64 Å². The van der Waals surface area contributed by atoms with Crippen LogP contribution in [-0.4, -0.2) is 40.0 Å². The molecule has 0 fully saturated rings. The smallest absolute Gasteiger partial charge is 0.340 e. The number of sulfonamides is 1. The second-order valence-corrected chi connectivity index (χ2v) is 10.3. The number of carbonyl (C=O) groups excluding carboxylic acids is 2. The van der Waals surface area contributed by atoms with Crippen LogP contribution in [0.3, 0.4) is 0 Å². The predicted molar refractivity (Wildman–Crippen MR) is 131 cm³/mol. The largest absolute Gasteiger partial charge is 0.452 e. The van der Waals surface area contributed by atoms with E-state index in [9.17, 15) is 18.0 Å². The quantitative estimate of drug-likeness (QED) is 0.473. The van der Waals surface area contributed by atoms with E-state index in [0.717, 1.165) is 28.0 Å². The van der Waals surface area contributed by atoms with Crippen LogP contribution in [-0.2, 0) is 26.0 Å². The molecule has 4 rings (SSSR count). The van der Waals surface area contributed by atoms with Crippen molar-refractivity contribution in [3.8, 4) is 0 Å². The molecular weight excluding hydrogens is 476 g/mol. The molecule has 0 saturated heterocycles. The Morgan fingerprint density at radius 1 is 1.06 bits per heavy atom. The average Bonchev–Trinajstić information content (AvgIpc) is 3.18. The molecule has 0 bridgehead atoms. The lowest BCUT2D eigenvalue weighted by atomic mass is 10.1. The van der Waals surface area contributed by atoms with E-state index in [1.54, 1.807) is 35.2 Å². The first-order valence-corrected chi connectivity index (χ1v) is 12.4. The van der Waals surface area contributed by atoms with Crippen molar-refractivity contribution in [2.75, 3.05) is 22.9 Å². The molecule has 176 valence electrons. The zero-order valence-electron chi connectivity index (χ0n) is 18.6. The minimum atomic E-state index is -3.96. The number of hydrogen-bond acceptors (Lipinski definition) is 5. The molecule has 0 radical (unpaired) electrons. The molecule has 1 atom stereocenters. The van der Waals surface area contributed by atoms with Gasteiger partial charge in [-0.1, -0.05) is 48.0 Å². The Bertz CT molecular complexity index is 1340. The number of nitrogens with zero attached hydrogens (tertiary/aromatic N) is 2. The second kappa shape index (κ2) is 9.48. The lowest BCUT2D eigenvalue weighted by Crippen LogP contribution is -2.38. The van der Waals surface area contributed by atoms with E-state index in [2.05, 4.69) is 0 Å². The third-order valence-electron chi connectivity index (χ3n) is 5.74. The van der Waals surface area contributed by atoms with Crippen molar-refractivity contribution in [3.05, 3.63) is 88.9 Å². The molecule has 7 nitrogen and oxygen atoms in total. The summed E-state index contributed by atoms with van der Waals surface area (Å²) >= 11 is 6.17. The van der Waals surface area contributed by atoms with Crippen LogP contribution >= 0.6 is 11.6 Å². The van der Waals surface area contributed by atoms with Gasteiger partial charge in [-0.25, -0.2) is 13.2 Å². The number of fused-ring (bicyclic) bond motifs is 1. The van der Waals surface area contributed by atoms with Crippen molar-refractivity contribution in [3.63, 3.8) is 0 Å².